The molecule has 0 saturated heterocycles. The lowest BCUT2D eigenvalue weighted by atomic mass is 9.76. The van der Waals surface area contributed by atoms with Crippen LogP contribution in [0.1, 0.15) is 11.5 Å². The minimum atomic E-state index is 0.281. The Morgan fingerprint density at radius 3 is 2.32 bits per heavy atom. The van der Waals surface area contributed by atoms with Crippen molar-refractivity contribution in [1.29, 1.82) is 0 Å². The number of allylic oxidation sites excluding steroid dienone is 8. The predicted octanol–water partition coefficient (Wildman–Crippen LogP) is 6.63. The Morgan fingerprint density at radius 2 is 1.48 bits per heavy atom. The van der Waals surface area contributed by atoms with Crippen LogP contribution in [-0.4, -0.2) is 0 Å². The second-order valence-corrected chi connectivity index (χ2v) is 7.17. The van der Waals surface area contributed by atoms with Crippen molar-refractivity contribution in [1.82, 2.24) is 0 Å². The maximum Gasteiger partial charge on any atom is 0.170 e. The summed E-state index contributed by atoms with van der Waals surface area (Å²) >= 11 is 3.67. The van der Waals surface area contributed by atoms with E-state index >= 15 is 0 Å². The maximum atomic E-state index is 6.06. The minimum Gasteiger partial charge on any atom is -0.450 e. The van der Waals surface area contributed by atoms with E-state index in [9.17, 15) is 0 Å². The molecule has 5 rings (SSSR count). The fourth-order valence-electron chi connectivity index (χ4n) is 3.58. The van der Waals surface area contributed by atoms with Crippen LogP contribution in [0.3, 0.4) is 0 Å². The van der Waals surface area contributed by atoms with Crippen LogP contribution in [0.2, 0.25) is 0 Å². The summed E-state index contributed by atoms with van der Waals surface area (Å²) in [5, 5.41) is 0. The van der Waals surface area contributed by atoms with E-state index in [0.29, 0.717) is 5.92 Å². The number of halogens is 1. The van der Waals surface area contributed by atoms with E-state index in [1.165, 1.54) is 11.1 Å². The van der Waals surface area contributed by atoms with Crippen LogP contribution in [-0.2, 0) is 0 Å². The van der Waals surface area contributed by atoms with Crippen LogP contribution in [0.25, 0.3) is 0 Å². The predicted molar refractivity (Wildman–Crippen MR) is 103 cm³/mol. The molecule has 0 radical (unpaired) electrons. The van der Waals surface area contributed by atoms with Crippen molar-refractivity contribution < 1.29 is 9.47 Å². The summed E-state index contributed by atoms with van der Waals surface area (Å²) in [6, 6.07) is 14.0. The molecule has 1 aliphatic heterocycles. The Labute approximate surface area is 154 Å². The lowest BCUT2D eigenvalue weighted by Gasteiger charge is -2.30. The van der Waals surface area contributed by atoms with Gasteiger partial charge in [0.2, 0.25) is 0 Å². The molecule has 0 fully saturated rings. The van der Waals surface area contributed by atoms with E-state index in [4.69, 9.17) is 9.47 Å². The highest BCUT2D eigenvalue weighted by atomic mass is 79.9. The molecule has 2 aromatic rings. The molecular formula is C22H15BrO2. The Morgan fingerprint density at radius 1 is 0.720 bits per heavy atom. The largest absolute Gasteiger partial charge is 0.450 e. The van der Waals surface area contributed by atoms with Crippen LogP contribution in [0.5, 0.6) is 23.0 Å². The zero-order valence-corrected chi connectivity index (χ0v) is 14.9. The van der Waals surface area contributed by atoms with Gasteiger partial charge in [-0.3, -0.25) is 0 Å². The molecule has 3 heteroatoms. The standard InChI is InChI=1S/C22H15BrO2/c23-18-11-10-15(16-5-1-2-6-17(16)18)14-9-12-21-22(13-14)25-20-8-4-3-7-19(20)24-21/h1-13,15-16H. The average molecular weight is 391 g/mol. The molecule has 122 valence electrons. The first-order valence-electron chi connectivity index (χ1n) is 8.31. The van der Waals surface area contributed by atoms with Crippen LogP contribution in [0.4, 0.5) is 0 Å². The van der Waals surface area contributed by atoms with Crippen molar-refractivity contribution in [2.24, 2.45) is 5.92 Å². The third-order valence-electron chi connectivity index (χ3n) is 4.82. The summed E-state index contributed by atoms with van der Waals surface area (Å²) in [6.45, 7) is 0. The molecule has 2 unspecified atom stereocenters. The van der Waals surface area contributed by atoms with Crippen LogP contribution in [0.15, 0.2) is 89.0 Å². The van der Waals surface area contributed by atoms with Crippen molar-refractivity contribution in [2.45, 2.75) is 5.92 Å². The highest BCUT2D eigenvalue weighted by molar-refractivity contribution is 9.11. The fraction of sp³-hybridized carbons (Fsp3) is 0.0909. The molecule has 0 N–H and O–H groups in total. The zero-order valence-electron chi connectivity index (χ0n) is 13.4. The molecule has 0 spiro atoms. The summed E-state index contributed by atoms with van der Waals surface area (Å²) in [7, 11) is 0. The summed E-state index contributed by atoms with van der Waals surface area (Å²) in [5.41, 5.74) is 2.54. The molecule has 1 heterocycles. The van der Waals surface area contributed by atoms with Gasteiger partial charge in [0, 0.05) is 16.3 Å². The van der Waals surface area contributed by atoms with Crippen molar-refractivity contribution in [3.05, 3.63) is 94.5 Å². The Kier molecular flexibility index (Phi) is 3.42. The van der Waals surface area contributed by atoms with Gasteiger partial charge in [-0.05, 0) is 35.4 Å². The molecular weight excluding hydrogens is 376 g/mol. The molecule has 0 saturated carbocycles. The SMILES string of the molecule is BrC1=C2C=CC=CC2C(c2ccc3c(c2)Oc2ccccc2O3)C=C1. The van der Waals surface area contributed by atoms with E-state index in [1.54, 1.807) is 0 Å². The van der Waals surface area contributed by atoms with Gasteiger partial charge in [-0.2, -0.15) is 0 Å². The molecule has 2 aliphatic carbocycles. The summed E-state index contributed by atoms with van der Waals surface area (Å²) in [4.78, 5) is 0. The molecule has 2 atom stereocenters. The molecule has 0 aromatic heterocycles. The Balaban J connectivity index is 1.52. The van der Waals surface area contributed by atoms with E-state index < -0.39 is 0 Å². The van der Waals surface area contributed by atoms with Gasteiger partial charge in [0.15, 0.2) is 23.0 Å². The molecule has 25 heavy (non-hydrogen) atoms. The highest BCUT2D eigenvalue weighted by Gasteiger charge is 2.28. The van der Waals surface area contributed by atoms with E-state index in [1.807, 2.05) is 30.3 Å². The normalized spacial score (nSPS) is 22.6. The number of para-hydroxylation sites is 2. The topological polar surface area (TPSA) is 18.5 Å². The molecule has 0 amide bonds. The molecule has 2 nitrogen and oxygen atoms in total. The molecule has 3 aliphatic rings. The van der Waals surface area contributed by atoms with Crippen molar-refractivity contribution in [2.75, 3.05) is 0 Å². The van der Waals surface area contributed by atoms with Gasteiger partial charge in [-0.15, -0.1) is 0 Å². The lowest BCUT2D eigenvalue weighted by Crippen LogP contribution is -2.16. The van der Waals surface area contributed by atoms with Crippen LogP contribution in [0, 0.1) is 5.92 Å². The molecule has 2 aromatic carbocycles. The summed E-state index contributed by atoms with van der Waals surface area (Å²) < 4.78 is 13.2. The Hall–Kier alpha value is -2.52. The number of hydrogen-bond donors (Lipinski definition) is 0. The van der Waals surface area contributed by atoms with Gasteiger partial charge < -0.3 is 9.47 Å². The number of hydrogen-bond acceptors (Lipinski definition) is 2. The van der Waals surface area contributed by atoms with Crippen LogP contribution >= 0.6 is 15.9 Å². The highest BCUT2D eigenvalue weighted by Crippen LogP contribution is 2.48. The fourth-order valence-corrected chi connectivity index (χ4v) is 4.13. The van der Waals surface area contributed by atoms with Crippen molar-refractivity contribution in [3.63, 3.8) is 0 Å². The van der Waals surface area contributed by atoms with Crippen molar-refractivity contribution in [3.8, 4) is 23.0 Å². The first-order valence-corrected chi connectivity index (χ1v) is 9.10. The van der Waals surface area contributed by atoms with E-state index in [-0.39, 0.29) is 5.92 Å². The maximum absolute atomic E-state index is 6.06. The second kappa shape index (κ2) is 5.78. The second-order valence-electron chi connectivity index (χ2n) is 6.32. The first-order chi connectivity index (χ1) is 12.3. The van der Waals surface area contributed by atoms with Crippen LogP contribution < -0.4 is 9.47 Å². The minimum absolute atomic E-state index is 0.281. The van der Waals surface area contributed by atoms with Gasteiger partial charge in [-0.25, -0.2) is 0 Å². The third-order valence-corrected chi connectivity index (χ3v) is 5.54. The smallest absolute Gasteiger partial charge is 0.170 e. The van der Waals surface area contributed by atoms with Gasteiger partial charge in [0.1, 0.15) is 0 Å². The summed E-state index contributed by atoms with van der Waals surface area (Å²) in [5.74, 6) is 3.67. The number of rotatable bonds is 1. The third kappa shape index (κ3) is 2.47. The van der Waals surface area contributed by atoms with Gasteiger partial charge >= 0.3 is 0 Å². The van der Waals surface area contributed by atoms with E-state index in [0.717, 1.165) is 27.5 Å². The number of benzene rings is 2. The number of ether oxygens (including phenoxy) is 2. The van der Waals surface area contributed by atoms with Crippen molar-refractivity contribution >= 4 is 15.9 Å². The monoisotopic (exact) mass is 390 g/mol. The zero-order chi connectivity index (χ0) is 16.8. The number of fused-ring (bicyclic) bond motifs is 3. The lowest BCUT2D eigenvalue weighted by molar-refractivity contribution is 0.359. The van der Waals surface area contributed by atoms with E-state index in [2.05, 4.69) is 64.5 Å². The molecule has 0 bridgehead atoms. The van der Waals surface area contributed by atoms with Gasteiger partial charge in [0.05, 0.1) is 0 Å². The quantitative estimate of drug-likeness (QED) is 0.464. The first kappa shape index (κ1) is 14.8. The summed E-state index contributed by atoms with van der Waals surface area (Å²) in [6.07, 6.45) is 13.0. The Bertz CT molecular complexity index is 981. The van der Waals surface area contributed by atoms with Gasteiger partial charge in [0.25, 0.3) is 0 Å². The van der Waals surface area contributed by atoms with Gasteiger partial charge in [-0.1, -0.05) is 70.6 Å². The average Bonchev–Trinajstić information content (AvgIpc) is 2.66.